The standard InChI is InChI=1S/C15H22N2O3S/c1-17(9-11(18)10-20-2)15(19)16-13-7-8-21-14-6-4-3-5-12(13)14/h3-6,11,13,18H,7-10H2,1-2H3,(H,16,19)/t11-,13-/m1/s1. The van der Waals surface area contributed by atoms with Crippen molar-refractivity contribution < 1.29 is 14.6 Å². The number of nitrogens with one attached hydrogen (secondary N) is 1. The number of ether oxygens (including phenoxy) is 1. The van der Waals surface area contributed by atoms with Gasteiger partial charge in [-0.25, -0.2) is 4.79 Å². The quantitative estimate of drug-likeness (QED) is 0.871. The number of aliphatic hydroxyl groups is 1. The Balaban J connectivity index is 1.94. The summed E-state index contributed by atoms with van der Waals surface area (Å²) in [6.07, 6.45) is 0.252. The molecular formula is C15H22N2O3S. The third kappa shape index (κ3) is 4.36. The van der Waals surface area contributed by atoms with Crippen molar-refractivity contribution in [3.05, 3.63) is 29.8 Å². The van der Waals surface area contributed by atoms with E-state index in [1.807, 2.05) is 23.9 Å². The number of nitrogens with zero attached hydrogens (tertiary/aromatic N) is 1. The first-order valence-corrected chi connectivity index (χ1v) is 8.00. The van der Waals surface area contributed by atoms with Gasteiger partial charge >= 0.3 is 6.03 Å². The van der Waals surface area contributed by atoms with E-state index in [2.05, 4.69) is 17.4 Å². The van der Waals surface area contributed by atoms with Gasteiger partial charge in [0.1, 0.15) is 0 Å². The van der Waals surface area contributed by atoms with Crippen LogP contribution < -0.4 is 5.32 Å². The number of methoxy groups -OCH3 is 1. The Bertz CT molecular complexity index is 484. The number of carbonyl (C=O) groups is 1. The number of likely N-dealkylation sites (N-methyl/N-ethyl adjacent to an activating group) is 1. The number of hydrogen-bond acceptors (Lipinski definition) is 4. The van der Waals surface area contributed by atoms with E-state index in [0.29, 0.717) is 0 Å². The first-order valence-electron chi connectivity index (χ1n) is 7.02. The normalized spacial score (nSPS) is 18.7. The number of benzene rings is 1. The summed E-state index contributed by atoms with van der Waals surface area (Å²) in [6.45, 7) is 0.476. The van der Waals surface area contributed by atoms with Crippen LogP contribution in [0.15, 0.2) is 29.2 Å². The summed E-state index contributed by atoms with van der Waals surface area (Å²) in [4.78, 5) is 14.9. The zero-order valence-electron chi connectivity index (χ0n) is 12.4. The predicted molar refractivity (Wildman–Crippen MR) is 83.6 cm³/mol. The van der Waals surface area contributed by atoms with E-state index in [9.17, 15) is 9.90 Å². The van der Waals surface area contributed by atoms with Gasteiger partial charge in [-0.05, 0) is 18.1 Å². The summed E-state index contributed by atoms with van der Waals surface area (Å²) in [7, 11) is 3.21. The molecule has 0 aliphatic carbocycles. The van der Waals surface area contributed by atoms with Gasteiger partial charge in [0.2, 0.25) is 0 Å². The molecule has 0 unspecified atom stereocenters. The van der Waals surface area contributed by atoms with Gasteiger partial charge in [-0.15, -0.1) is 11.8 Å². The van der Waals surface area contributed by atoms with E-state index in [0.717, 1.165) is 12.2 Å². The van der Waals surface area contributed by atoms with E-state index in [1.54, 1.807) is 7.05 Å². The fraction of sp³-hybridized carbons (Fsp3) is 0.533. The van der Waals surface area contributed by atoms with Crippen molar-refractivity contribution in [1.29, 1.82) is 0 Å². The molecule has 2 atom stereocenters. The Kier molecular flexibility index (Phi) is 5.90. The van der Waals surface area contributed by atoms with Gasteiger partial charge < -0.3 is 20.1 Å². The minimum Gasteiger partial charge on any atom is -0.389 e. The molecule has 0 bridgehead atoms. The van der Waals surface area contributed by atoms with Gasteiger partial charge in [-0.2, -0.15) is 0 Å². The van der Waals surface area contributed by atoms with Gasteiger partial charge in [-0.3, -0.25) is 0 Å². The van der Waals surface area contributed by atoms with Crippen LogP contribution in [0.3, 0.4) is 0 Å². The first-order chi connectivity index (χ1) is 10.1. The lowest BCUT2D eigenvalue weighted by Gasteiger charge is -2.28. The summed E-state index contributed by atoms with van der Waals surface area (Å²) in [5.41, 5.74) is 1.17. The number of thioether (sulfide) groups is 1. The molecule has 1 aromatic rings. The molecule has 6 heteroatoms. The molecule has 1 aliphatic heterocycles. The second kappa shape index (κ2) is 7.68. The van der Waals surface area contributed by atoms with Crippen molar-refractivity contribution in [2.75, 3.05) is 33.1 Å². The molecule has 1 heterocycles. The molecule has 0 radical (unpaired) electrons. The molecule has 5 nitrogen and oxygen atoms in total. The van der Waals surface area contributed by atoms with Crippen LogP contribution in [-0.2, 0) is 4.74 Å². The summed E-state index contributed by atoms with van der Waals surface area (Å²) >= 11 is 1.82. The maximum absolute atomic E-state index is 12.2. The van der Waals surface area contributed by atoms with E-state index >= 15 is 0 Å². The van der Waals surface area contributed by atoms with Crippen LogP contribution in [0.25, 0.3) is 0 Å². The van der Waals surface area contributed by atoms with Crippen LogP contribution in [0.2, 0.25) is 0 Å². The van der Waals surface area contributed by atoms with Crippen LogP contribution in [0, 0.1) is 0 Å². The van der Waals surface area contributed by atoms with Crippen LogP contribution in [0.5, 0.6) is 0 Å². The second-order valence-electron chi connectivity index (χ2n) is 5.17. The van der Waals surface area contributed by atoms with Crippen molar-refractivity contribution in [2.24, 2.45) is 0 Å². The van der Waals surface area contributed by atoms with E-state index in [-0.39, 0.29) is 25.2 Å². The fourth-order valence-corrected chi connectivity index (χ4v) is 3.52. The molecular weight excluding hydrogens is 288 g/mol. The van der Waals surface area contributed by atoms with Gasteiger partial charge in [0.25, 0.3) is 0 Å². The summed E-state index contributed by atoms with van der Waals surface area (Å²) < 4.78 is 4.87. The van der Waals surface area contributed by atoms with Crippen molar-refractivity contribution in [3.8, 4) is 0 Å². The Hall–Kier alpha value is -1.24. The van der Waals surface area contributed by atoms with E-state index in [4.69, 9.17) is 4.74 Å². The molecule has 0 saturated carbocycles. The smallest absolute Gasteiger partial charge is 0.317 e. The maximum atomic E-state index is 12.2. The van der Waals surface area contributed by atoms with Crippen molar-refractivity contribution in [1.82, 2.24) is 10.2 Å². The average molecular weight is 310 g/mol. The Morgan fingerprint density at radius 3 is 3.10 bits per heavy atom. The lowest BCUT2D eigenvalue weighted by Crippen LogP contribution is -2.44. The lowest BCUT2D eigenvalue weighted by molar-refractivity contribution is 0.0487. The van der Waals surface area contributed by atoms with E-state index < -0.39 is 6.10 Å². The number of aliphatic hydroxyl groups excluding tert-OH is 1. The number of urea groups is 1. The highest BCUT2D eigenvalue weighted by Crippen LogP contribution is 2.35. The van der Waals surface area contributed by atoms with E-state index in [1.165, 1.54) is 22.5 Å². The van der Waals surface area contributed by atoms with Gasteiger partial charge in [-0.1, -0.05) is 18.2 Å². The molecule has 1 aromatic carbocycles. The van der Waals surface area contributed by atoms with Gasteiger partial charge in [0, 0.05) is 24.8 Å². The molecule has 116 valence electrons. The minimum absolute atomic E-state index is 0.0389. The third-order valence-electron chi connectivity index (χ3n) is 3.45. The number of rotatable bonds is 5. The van der Waals surface area contributed by atoms with Crippen LogP contribution >= 0.6 is 11.8 Å². The highest BCUT2D eigenvalue weighted by molar-refractivity contribution is 7.99. The molecule has 1 aliphatic rings. The lowest BCUT2D eigenvalue weighted by atomic mass is 10.0. The maximum Gasteiger partial charge on any atom is 0.317 e. The van der Waals surface area contributed by atoms with Crippen LogP contribution in [0.1, 0.15) is 18.0 Å². The zero-order chi connectivity index (χ0) is 15.2. The molecule has 0 aromatic heterocycles. The number of carbonyl (C=O) groups excluding carboxylic acids is 1. The van der Waals surface area contributed by atoms with Gasteiger partial charge in [0.05, 0.1) is 25.3 Å². The molecule has 2 rings (SSSR count). The van der Waals surface area contributed by atoms with Gasteiger partial charge in [0.15, 0.2) is 0 Å². The molecule has 0 fully saturated rings. The first kappa shape index (κ1) is 16.1. The van der Waals surface area contributed by atoms with Crippen molar-refractivity contribution in [2.45, 2.75) is 23.5 Å². The molecule has 2 amide bonds. The third-order valence-corrected chi connectivity index (χ3v) is 4.57. The minimum atomic E-state index is -0.667. The Labute approximate surface area is 129 Å². The number of hydrogen-bond donors (Lipinski definition) is 2. The highest BCUT2D eigenvalue weighted by atomic mass is 32.2. The SMILES string of the molecule is COC[C@H](O)CN(C)C(=O)N[C@@H]1CCSc2ccccc21. The number of fused-ring (bicyclic) bond motifs is 1. The van der Waals surface area contributed by atoms with Crippen LogP contribution in [0.4, 0.5) is 4.79 Å². The zero-order valence-corrected chi connectivity index (χ0v) is 13.2. The fourth-order valence-electron chi connectivity index (χ4n) is 2.40. The molecule has 0 saturated heterocycles. The highest BCUT2D eigenvalue weighted by Gasteiger charge is 2.23. The van der Waals surface area contributed by atoms with Crippen molar-refractivity contribution >= 4 is 17.8 Å². The summed E-state index contributed by atoms with van der Waals surface area (Å²) in [6, 6.07) is 8.03. The van der Waals surface area contributed by atoms with Crippen LogP contribution in [-0.4, -0.2) is 55.2 Å². The average Bonchev–Trinajstić information content (AvgIpc) is 2.47. The number of amides is 2. The molecule has 2 N–H and O–H groups in total. The monoisotopic (exact) mass is 310 g/mol. The molecule has 21 heavy (non-hydrogen) atoms. The summed E-state index contributed by atoms with van der Waals surface area (Å²) in [5, 5.41) is 12.7. The summed E-state index contributed by atoms with van der Waals surface area (Å²) in [5.74, 6) is 0.998. The Morgan fingerprint density at radius 2 is 2.33 bits per heavy atom. The topological polar surface area (TPSA) is 61.8 Å². The molecule has 0 spiro atoms. The largest absolute Gasteiger partial charge is 0.389 e. The second-order valence-corrected chi connectivity index (χ2v) is 6.30. The van der Waals surface area contributed by atoms with Crippen molar-refractivity contribution in [3.63, 3.8) is 0 Å². The predicted octanol–water partition coefficient (Wildman–Crippen LogP) is 1.87. The Morgan fingerprint density at radius 1 is 1.57 bits per heavy atom.